The zero-order valence-electron chi connectivity index (χ0n) is 21.1. The zero-order valence-corrected chi connectivity index (χ0v) is 21.1. The second-order valence-corrected chi connectivity index (χ2v) is 9.47. The van der Waals surface area contributed by atoms with E-state index < -0.39 is 5.54 Å². The van der Waals surface area contributed by atoms with Gasteiger partial charge >= 0.3 is 0 Å². The lowest BCUT2D eigenvalue weighted by molar-refractivity contribution is 0.411. The fourth-order valence-electron chi connectivity index (χ4n) is 5.24. The van der Waals surface area contributed by atoms with Gasteiger partial charge in [-0.2, -0.15) is 0 Å². The van der Waals surface area contributed by atoms with Gasteiger partial charge < -0.3 is 14.2 Å². The van der Waals surface area contributed by atoms with Gasteiger partial charge in [0, 0.05) is 25.0 Å². The highest BCUT2D eigenvalue weighted by atomic mass is 19.1. The Kier molecular flexibility index (Phi) is 6.64. The number of hydrogen-bond donors (Lipinski definition) is 0. The van der Waals surface area contributed by atoms with E-state index >= 15 is 0 Å². The molecule has 0 aliphatic carbocycles. The molecule has 0 fully saturated rings. The average molecular weight is 482 g/mol. The molecule has 5 heteroatoms. The highest BCUT2D eigenvalue weighted by Crippen LogP contribution is 2.44. The Morgan fingerprint density at radius 3 is 2.53 bits per heavy atom. The van der Waals surface area contributed by atoms with Crippen LogP contribution in [0.3, 0.4) is 0 Å². The summed E-state index contributed by atoms with van der Waals surface area (Å²) in [6, 6.07) is 21.9. The maximum atomic E-state index is 13.7. The quantitative estimate of drug-likeness (QED) is 0.286. The minimum absolute atomic E-state index is 0.224. The number of aromatic nitrogens is 2. The van der Waals surface area contributed by atoms with Crippen LogP contribution in [0, 0.1) is 5.82 Å². The molecule has 184 valence electrons. The number of benzene rings is 3. The van der Waals surface area contributed by atoms with E-state index in [1.807, 2.05) is 24.5 Å². The fourth-order valence-corrected chi connectivity index (χ4v) is 5.24. The van der Waals surface area contributed by atoms with Crippen molar-refractivity contribution in [3.63, 3.8) is 0 Å². The number of imidazole rings is 1. The van der Waals surface area contributed by atoms with Gasteiger partial charge in [-0.05, 0) is 84.5 Å². The van der Waals surface area contributed by atoms with E-state index in [0.29, 0.717) is 0 Å². The summed E-state index contributed by atoms with van der Waals surface area (Å²) in [5, 5.41) is 0. The van der Waals surface area contributed by atoms with E-state index in [0.717, 1.165) is 48.6 Å². The Morgan fingerprint density at radius 1 is 1.03 bits per heavy atom. The second-order valence-electron chi connectivity index (χ2n) is 9.47. The molecule has 4 nitrogen and oxygen atoms in total. The molecule has 0 saturated carbocycles. The monoisotopic (exact) mass is 481 g/mol. The zero-order chi connectivity index (χ0) is 25.1. The van der Waals surface area contributed by atoms with Crippen LogP contribution < -0.4 is 9.64 Å². The molecule has 1 aromatic heterocycles. The number of rotatable bonds is 7. The van der Waals surface area contributed by atoms with Gasteiger partial charge in [0.2, 0.25) is 0 Å². The average Bonchev–Trinajstić information content (AvgIpc) is 3.36. The third-order valence-electron chi connectivity index (χ3n) is 7.17. The van der Waals surface area contributed by atoms with E-state index in [2.05, 4.69) is 83.0 Å². The van der Waals surface area contributed by atoms with Crippen LogP contribution in [0.5, 0.6) is 5.75 Å². The summed E-state index contributed by atoms with van der Waals surface area (Å²) in [6.45, 7) is 6.22. The van der Waals surface area contributed by atoms with Gasteiger partial charge in [-0.25, -0.2) is 9.37 Å². The molecule has 5 rings (SSSR count). The summed E-state index contributed by atoms with van der Waals surface area (Å²) in [4.78, 5) is 6.85. The second kappa shape index (κ2) is 10.0. The number of aryl methyl sites for hydroxylation is 1. The maximum absolute atomic E-state index is 13.7. The normalized spacial score (nSPS) is 17.4. The van der Waals surface area contributed by atoms with Crippen LogP contribution in [0.15, 0.2) is 79.3 Å². The summed E-state index contributed by atoms with van der Waals surface area (Å²) < 4.78 is 21.3. The Balaban J connectivity index is 1.50. The van der Waals surface area contributed by atoms with Crippen molar-refractivity contribution in [1.82, 2.24) is 9.55 Å². The van der Waals surface area contributed by atoms with Gasteiger partial charge in [0.1, 0.15) is 11.6 Å². The lowest BCUT2D eigenvalue weighted by Crippen LogP contribution is -2.49. The molecule has 1 atom stereocenters. The van der Waals surface area contributed by atoms with Gasteiger partial charge in [-0.15, -0.1) is 0 Å². The standard InChI is InChI=1S/C31H32FN3O/c1-4-18-34-21-27(33-22-34)12-7-23-5-8-25(9-6-23)31(2)30-16-15-29(36-3)20-24(30)17-19-35(31)28-13-10-26(32)11-14-28/h5-16,20-22H,4,17-19H2,1-3H3. The topological polar surface area (TPSA) is 30.3 Å². The first-order valence-electron chi connectivity index (χ1n) is 12.5. The largest absolute Gasteiger partial charge is 0.497 e. The lowest BCUT2D eigenvalue weighted by atomic mass is 9.76. The maximum Gasteiger partial charge on any atom is 0.123 e. The van der Waals surface area contributed by atoms with E-state index in [4.69, 9.17) is 4.74 Å². The number of ether oxygens (including phenoxy) is 1. The molecule has 1 unspecified atom stereocenters. The number of methoxy groups -OCH3 is 1. The van der Waals surface area contributed by atoms with Crippen molar-refractivity contribution in [2.45, 2.75) is 38.8 Å². The summed E-state index contributed by atoms with van der Waals surface area (Å²) >= 11 is 0. The molecule has 0 spiro atoms. The number of halogens is 1. The molecule has 2 heterocycles. The predicted octanol–water partition coefficient (Wildman–Crippen LogP) is 6.94. The SMILES string of the molecule is CCCn1cnc(C=Cc2ccc(C3(C)c4ccc(OC)cc4CCN3c3ccc(F)cc3)cc2)c1. The van der Waals surface area contributed by atoms with E-state index in [-0.39, 0.29) is 5.82 Å². The molecule has 1 aliphatic heterocycles. The first-order valence-corrected chi connectivity index (χ1v) is 12.5. The van der Waals surface area contributed by atoms with Gasteiger partial charge in [-0.1, -0.05) is 43.3 Å². The molecule has 3 aromatic carbocycles. The van der Waals surface area contributed by atoms with Crippen molar-refractivity contribution >= 4 is 17.8 Å². The number of nitrogens with zero attached hydrogens (tertiary/aromatic N) is 3. The Morgan fingerprint density at radius 2 is 1.81 bits per heavy atom. The van der Waals surface area contributed by atoms with Crippen LogP contribution in [-0.4, -0.2) is 23.2 Å². The Labute approximate surface area is 212 Å². The summed E-state index contributed by atoms with van der Waals surface area (Å²) in [5.74, 6) is 0.645. The summed E-state index contributed by atoms with van der Waals surface area (Å²) in [7, 11) is 1.70. The number of fused-ring (bicyclic) bond motifs is 1. The Bertz CT molecular complexity index is 1360. The Hall–Kier alpha value is -3.86. The van der Waals surface area contributed by atoms with Crippen molar-refractivity contribution in [1.29, 1.82) is 0 Å². The molecular weight excluding hydrogens is 449 g/mol. The van der Waals surface area contributed by atoms with E-state index in [9.17, 15) is 4.39 Å². The molecule has 0 radical (unpaired) electrons. The fraction of sp³-hybridized carbons (Fsp3) is 0.258. The van der Waals surface area contributed by atoms with E-state index in [1.165, 1.54) is 28.8 Å². The third kappa shape index (κ3) is 4.53. The molecule has 0 bridgehead atoms. The number of anilines is 1. The molecular formula is C31H32FN3O. The predicted molar refractivity (Wildman–Crippen MR) is 145 cm³/mol. The van der Waals surface area contributed by atoms with Gasteiger partial charge in [-0.3, -0.25) is 0 Å². The highest BCUT2D eigenvalue weighted by Gasteiger charge is 2.40. The van der Waals surface area contributed by atoms with Crippen molar-refractivity contribution in [2.75, 3.05) is 18.6 Å². The van der Waals surface area contributed by atoms with Crippen LogP contribution in [-0.2, 0) is 18.5 Å². The van der Waals surface area contributed by atoms with Gasteiger partial charge in [0.25, 0.3) is 0 Å². The molecule has 0 N–H and O–H groups in total. The minimum atomic E-state index is -0.418. The van der Waals surface area contributed by atoms with Crippen molar-refractivity contribution in [2.24, 2.45) is 0 Å². The molecule has 1 aliphatic rings. The first-order chi connectivity index (χ1) is 17.5. The highest BCUT2D eigenvalue weighted by molar-refractivity contribution is 5.68. The molecule has 4 aromatic rings. The van der Waals surface area contributed by atoms with Crippen LogP contribution in [0.25, 0.3) is 12.2 Å². The van der Waals surface area contributed by atoms with Crippen LogP contribution in [0.1, 0.15) is 48.2 Å². The first kappa shape index (κ1) is 23.9. The van der Waals surface area contributed by atoms with Crippen LogP contribution in [0.4, 0.5) is 10.1 Å². The van der Waals surface area contributed by atoms with Crippen LogP contribution in [0.2, 0.25) is 0 Å². The van der Waals surface area contributed by atoms with Gasteiger partial charge in [0.15, 0.2) is 0 Å². The summed E-state index contributed by atoms with van der Waals surface area (Å²) in [6.07, 6.45) is 10.1. The van der Waals surface area contributed by atoms with Crippen molar-refractivity contribution in [3.8, 4) is 5.75 Å². The van der Waals surface area contributed by atoms with Crippen molar-refractivity contribution < 1.29 is 9.13 Å². The molecule has 0 amide bonds. The van der Waals surface area contributed by atoms with E-state index in [1.54, 1.807) is 7.11 Å². The van der Waals surface area contributed by atoms with Crippen LogP contribution >= 0.6 is 0 Å². The third-order valence-corrected chi connectivity index (χ3v) is 7.17. The smallest absolute Gasteiger partial charge is 0.123 e. The number of hydrogen-bond acceptors (Lipinski definition) is 3. The minimum Gasteiger partial charge on any atom is -0.497 e. The van der Waals surface area contributed by atoms with Gasteiger partial charge in [0.05, 0.1) is 24.7 Å². The molecule has 0 saturated heterocycles. The summed E-state index contributed by atoms with van der Waals surface area (Å²) in [5.41, 5.74) is 6.36. The lowest BCUT2D eigenvalue weighted by Gasteiger charge is -2.48. The molecule has 36 heavy (non-hydrogen) atoms. The van der Waals surface area contributed by atoms with Crippen molar-refractivity contribution in [3.05, 3.63) is 113 Å².